The maximum absolute atomic E-state index is 2.49. The lowest BCUT2D eigenvalue weighted by Gasteiger charge is -2.36. The second kappa shape index (κ2) is 14.4. The number of thiophene rings is 1. The van der Waals surface area contributed by atoms with Gasteiger partial charge >= 0.3 is 0 Å². The van der Waals surface area contributed by atoms with E-state index in [1.807, 2.05) is 11.3 Å². The maximum atomic E-state index is 2.49. The van der Waals surface area contributed by atoms with Gasteiger partial charge in [-0.3, -0.25) is 0 Å². The maximum Gasteiger partial charge on any atom is 0.0714 e. The number of hydrogen-bond donors (Lipinski definition) is 0. The summed E-state index contributed by atoms with van der Waals surface area (Å²) in [5.41, 5.74) is 17.6. The number of benzene rings is 10. The van der Waals surface area contributed by atoms with E-state index in [4.69, 9.17) is 0 Å². The third-order valence-electron chi connectivity index (χ3n) is 14.0. The fourth-order valence-electron chi connectivity index (χ4n) is 11.4. The molecule has 2 aliphatic carbocycles. The Morgan fingerprint density at radius 3 is 1.23 bits per heavy atom. The predicted octanol–water partition coefficient (Wildman–Crippen LogP) is 16.3. The van der Waals surface area contributed by atoms with E-state index in [0.717, 1.165) is 17.1 Å². The van der Waals surface area contributed by atoms with Crippen LogP contribution in [0.25, 0.3) is 42.4 Å². The minimum atomic E-state index is -0.571. The zero-order chi connectivity index (χ0) is 42.2. The molecule has 0 fully saturated rings. The van der Waals surface area contributed by atoms with Crippen molar-refractivity contribution in [2.75, 3.05) is 4.90 Å². The third kappa shape index (κ3) is 5.18. The molecule has 0 aliphatic heterocycles. The van der Waals surface area contributed by atoms with Gasteiger partial charge in [0.15, 0.2) is 0 Å². The molecule has 0 radical (unpaired) electrons. The second-order valence-electron chi connectivity index (χ2n) is 17.1. The summed E-state index contributed by atoms with van der Waals surface area (Å²) in [4.78, 5) is 2.47. The van der Waals surface area contributed by atoms with Crippen LogP contribution in [0.15, 0.2) is 249 Å². The smallest absolute Gasteiger partial charge is 0.0714 e. The quantitative estimate of drug-likeness (QED) is 0.155. The highest BCUT2D eigenvalue weighted by atomic mass is 32.1. The first-order valence-electron chi connectivity index (χ1n) is 22.2. The normalized spacial score (nSPS) is 15.4. The number of para-hydroxylation sites is 1. The van der Waals surface area contributed by atoms with Crippen LogP contribution in [-0.4, -0.2) is 0 Å². The highest BCUT2D eigenvalue weighted by Crippen LogP contribution is 2.60. The van der Waals surface area contributed by atoms with Crippen LogP contribution < -0.4 is 4.90 Å². The molecule has 11 aromatic rings. The summed E-state index contributed by atoms with van der Waals surface area (Å²) in [6, 6.07) is 92.8. The van der Waals surface area contributed by atoms with Crippen LogP contribution in [0.2, 0.25) is 0 Å². The van der Waals surface area contributed by atoms with Gasteiger partial charge in [-0.15, -0.1) is 11.3 Å². The molecule has 1 nitrogen and oxygen atoms in total. The third-order valence-corrected chi connectivity index (χ3v) is 15.2. The van der Waals surface area contributed by atoms with E-state index >= 15 is 0 Å². The molecule has 13 rings (SSSR count). The van der Waals surface area contributed by atoms with Gasteiger partial charge in [-0.25, -0.2) is 0 Å². The van der Waals surface area contributed by atoms with Gasteiger partial charge in [0.25, 0.3) is 0 Å². The Hall–Kier alpha value is -7.78. The molecule has 2 heteroatoms. The van der Waals surface area contributed by atoms with E-state index in [1.54, 1.807) is 0 Å². The molecule has 0 N–H and O–H groups in total. The van der Waals surface area contributed by atoms with Crippen molar-refractivity contribution in [3.05, 3.63) is 293 Å². The molecule has 0 spiro atoms. The van der Waals surface area contributed by atoms with E-state index in [9.17, 15) is 0 Å². The summed E-state index contributed by atoms with van der Waals surface area (Å²) < 4.78 is 2.63. The number of anilines is 3. The summed E-state index contributed by atoms with van der Waals surface area (Å²) in [5, 5.41) is 2.62. The Kier molecular flexibility index (Phi) is 8.28. The number of nitrogens with zero attached hydrogens (tertiary/aromatic N) is 1. The van der Waals surface area contributed by atoms with Gasteiger partial charge < -0.3 is 4.90 Å². The monoisotopic (exact) mass is 831 g/mol. The van der Waals surface area contributed by atoms with Crippen LogP contribution in [0.4, 0.5) is 17.1 Å². The van der Waals surface area contributed by atoms with E-state index in [0.29, 0.717) is 0 Å². The lowest BCUT2D eigenvalue weighted by molar-refractivity contribution is 0.768. The molecule has 64 heavy (non-hydrogen) atoms. The van der Waals surface area contributed by atoms with Crippen molar-refractivity contribution in [1.29, 1.82) is 0 Å². The Morgan fingerprint density at radius 1 is 0.266 bits per heavy atom. The van der Waals surface area contributed by atoms with Crippen molar-refractivity contribution in [1.82, 2.24) is 0 Å². The summed E-state index contributed by atoms with van der Waals surface area (Å²) >= 11 is 1.87. The number of fused-ring (bicyclic) bond motifs is 9. The first kappa shape index (κ1) is 36.8. The van der Waals surface area contributed by atoms with Crippen LogP contribution in [0.5, 0.6) is 0 Å². The van der Waals surface area contributed by atoms with Crippen LogP contribution in [0, 0.1) is 0 Å². The molecule has 2 aliphatic rings. The summed E-state index contributed by atoms with van der Waals surface area (Å²) in [5.74, 6) is 0. The Balaban J connectivity index is 1.08. The molecular formula is C62H41NS. The van der Waals surface area contributed by atoms with Crippen molar-refractivity contribution in [2.24, 2.45) is 0 Å². The topological polar surface area (TPSA) is 3.24 Å². The largest absolute Gasteiger partial charge is 0.310 e. The van der Waals surface area contributed by atoms with Crippen molar-refractivity contribution in [2.45, 2.75) is 10.8 Å². The van der Waals surface area contributed by atoms with Gasteiger partial charge in [0.05, 0.1) is 10.8 Å². The lowest BCUT2D eigenvalue weighted by atomic mass is 9.67. The molecule has 1 atom stereocenters. The van der Waals surface area contributed by atoms with E-state index < -0.39 is 10.8 Å². The van der Waals surface area contributed by atoms with Crippen LogP contribution in [0.1, 0.15) is 44.5 Å². The average molecular weight is 832 g/mol. The van der Waals surface area contributed by atoms with Gasteiger partial charge in [-0.05, 0) is 121 Å². The summed E-state index contributed by atoms with van der Waals surface area (Å²) in [7, 11) is 0. The van der Waals surface area contributed by atoms with Gasteiger partial charge in [-0.2, -0.15) is 0 Å². The van der Waals surface area contributed by atoms with Gasteiger partial charge in [0.1, 0.15) is 0 Å². The van der Waals surface area contributed by atoms with Gasteiger partial charge in [-0.1, -0.05) is 194 Å². The fourth-order valence-corrected chi connectivity index (χ4v) is 12.5. The van der Waals surface area contributed by atoms with Gasteiger partial charge in [0.2, 0.25) is 0 Å². The number of rotatable bonds is 7. The van der Waals surface area contributed by atoms with Crippen molar-refractivity contribution < 1.29 is 0 Å². The molecule has 0 saturated heterocycles. The first-order chi connectivity index (χ1) is 31.7. The lowest BCUT2D eigenvalue weighted by Crippen LogP contribution is -2.29. The first-order valence-corrected chi connectivity index (χ1v) is 23.0. The van der Waals surface area contributed by atoms with Crippen molar-refractivity contribution in [3.8, 4) is 22.3 Å². The zero-order valence-electron chi connectivity index (χ0n) is 35.0. The van der Waals surface area contributed by atoms with Gasteiger partial charge in [0, 0.05) is 37.2 Å². The molecule has 1 unspecified atom stereocenters. The van der Waals surface area contributed by atoms with Crippen LogP contribution >= 0.6 is 11.3 Å². The number of hydrogen-bond acceptors (Lipinski definition) is 2. The fraction of sp³-hybridized carbons (Fsp3) is 0.0323. The molecular weight excluding hydrogens is 791 g/mol. The molecule has 10 aromatic carbocycles. The molecule has 300 valence electrons. The standard InChI is InChI=1S/C62H41NS/c1-5-19-42(20-6-1)61(43-21-7-2-8-22-43)55-30-16-13-27-49(55)51-36-34-47(40-57(51)61)63(46-25-11-4-12-26-46)48-35-37-52-50-28-14-17-31-56(50)62(58(52)41-48,44-23-9-3-10-24-44)45-33-38-60-54(39-45)53-29-15-18-32-59(53)64-60/h1-41H. The Bertz CT molecular complexity index is 3520. The minimum absolute atomic E-state index is 0.515. The molecule has 0 saturated carbocycles. The predicted molar refractivity (Wildman–Crippen MR) is 269 cm³/mol. The van der Waals surface area contributed by atoms with Crippen molar-refractivity contribution in [3.63, 3.8) is 0 Å². The van der Waals surface area contributed by atoms with Crippen molar-refractivity contribution >= 4 is 48.6 Å². The summed E-state index contributed by atoms with van der Waals surface area (Å²) in [6.07, 6.45) is 0. The van der Waals surface area contributed by atoms with Crippen LogP contribution in [0.3, 0.4) is 0 Å². The Morgan fingerprint density at radius 2 is 0.688 bits per heavy atom. The minimum Gasteiger partial charge on any atom is -0.310 e. The van der Waals surface area contributed by atoms with Crippen LogP contribution in [-0.2, 0) is 10.8 Å². The second-order valence-corrected chi connectivity index (χ2v) is 18.2. The highest BCUT2D eigenvalue weighted by molar-refractivity contribution is 7.25. The van der Waals surface area contributed by atoms with E-state index in [-0.39, 0.29) is 0 Å². The highest BCUT2D eigenvalue weighted by Gasteiger charge is 2.48. The molecule has 1 heterocycles. The van der Waals surface area contributed by atoms with E-state index in [2.05, 4.69) is 254 Å². The Labute approximate surface area is 377 Å². The molecule has 1 aromatic heterocycles. The molecule has 0 bridgehead atoms. The SMILES string of the molecule is c1ccc(N(c2ccc3c(c2)C(c2ccccc2)(c2ccccc2)c2ccccc2-3)c2ccc3c(c2)C(c2ccccc2)(c2ccc4sc5ccccc5c4c2)c2ccccc2-3)cc1. The average Bonchev–Trinajstić information content (AvgIpc) is 4.00. The summed E-state index contributed by atoms with van der Waals surface area (Å²) in [6.45, 7) is 0. The zero-order valence-corrected chi connectivity index (χ0v) is 35.8. The van der Waals surface area contributed by atoms with E-state index in [1.165, 1.54) is 86.9 Å². The molecule has 0 amide bonds.